The van der Waals surface area contributed by atoms with Crippen molar-refractivity contribution in [3.8, 4) is 0 Å². The maximum Gasteiger partial charge on any atom is 0.338 e. The molecule has 4 heteroatoms. The van der Waals surface area contributed by atoms with E-state index in [2.05, 4.69) is 5.32 Å². The summed E-state index contributed by atoms with van der Waals surface area (Å²) in [5, 5.41) is 2.80. The summed E-state index contributed by atoms with van der Waals surface area (Å²) in [7, 11) is 0. The maximum absolute atomic E-state index is 12.2. The van der Waals surface area contributed by atoms with Crippen LogP contribution in [0.25, 0.3) is 6.08 Å². The molecule has 0 spiro atoms. The van der Waals surface area contributed by atoms with Gasteiger partial charge in [-0.05, 0) is 49.8 Å². The Morgan fingerprint density at radius 1 is 1.04 bits per heavy atom. The van der Waals surface area contributed by atoms with Gasteiger partial charge in [-0.15, -0.1) is 0 Å². The van der Waals surface area contributed by atoms with E-state index < -0.39 is 0 Å². The zero-order chi connectivity index (χ0) is 16.7. The number of anilines is 1. The summed E-state index contributed by atoms with van der Waals surface area (Å²) in [5.74, 6) is -0.553. The van der Waals surface area contributed by atoms with Gasteiger partial charge in [0.05, 0.1) is 12.2 Å². The van der Waals surface area contributed by atoms with Gasteiger partial charge >= 0.3 is 5.97 Å². The number of rotatable bonds is 5. The highest BCUT2D eigenvalue weighted by Crippen LogP contribution is 2.13. The summed E-state index contributed by atoms with van der Waals surface area (Å²) in [4.78, 5) is 23.7. The smallest absolute Gasteiger partial charge is 0.338 e. The number of carbonyl (C=O) groups is 2. The molecule has 0 aliphatic heterocycles. The average molecular weight is 309 g/mol. The van der Waals surface area contributed by atoms with Gasteiger partial charge in [0, 0.05) is 11.3 Å². The molecule has 2 rings (SSSR count). The Morgan fingerprint density at radius 3 is 2.30 bits per heavy atom. The summed E-state index contributed by atoms with van der Waals surface area (Å²) in [6.45, 7) is 3.85. The van der Waals surface area contributed by atoms with Crippen molar-refractivity contribution >= 4 is 23.6 Å². The second-order valence-electron chi connectivity index (χ2n) is 4.99. The Labute approximate surface area is 135 Å². The average Bonchev–Trinajstić information content (AvgIpc) is 2.56. The molecule has 0 radical (unpaired) electrons. The third kappa shape index (κ3) is 4.81. The van der Waals surface area contributed by atoms with Crippen LogP contribution < -0.4 is 5.32 Å². The Balaban J connectivity index is 2.02. The molecule has 0 unspecified atom stereocenters. The molecule has 0 atom stereocenters. The lowest BCUT2D eigenvalue weighted by atomic mass is 10.1. The minimum Gasteiger partial charge on any atom is -0.462 e. The van der Waals surface area contributed by atoms with Crippen molar-refractivity contribution in [3.05, 3.63) is 71.3 Å². The largest absolute Gasteiger partial charge is 0.462 e. The number of benzene rings is 2. The summed E-state index contributed by atoms with van der Waals surface area (Å²) in [6, 6.07) is 16.3. The van der Waals surface area contributed by atoms with E-state index in [1.54, 1.807) is 38.1 Å². The Hall–Kier alpha value is -2.88. The molecule has 23 heavy (non-hydrogen) atoms. The topological polar surface area (TPSA) is 55.4 Å². The predicted octanol–water partition coefficient (Wildman–Crippen LogP) is 3.91. The van der Waals surface area contributed by atoms with Crippen molar-refractivity contribution in [2.45, 2.75) is 13.8 Å². The fraction of sp³-hybridized carbons (Fsp3) is 0.158. The summed E-state index contributed by atoms with van der Waals surface area (Å²) in [5.41, 5.74) is 2.66. The van der Waals surface area contributed by atoms with Crippen molar-refractivity contribution in [3.63, 3.8) is 0 Å². The summed E-state index contributed by atoms with van der Waals surface area (Å²) in [6.07, 6.45) is 1.82. The molecule has 1 N–H and O–H groups in total. The van der Waals surface area contributed by atoms with Gasteiger partial charge in [0.2, 0.25) is 0 Å². The fourth-order valence-corrected chi connectivity index (χ4v) is 2.00. The van der Waals surface area contributed by atoms with Crippen molar-refractivity contribution in [2.24, 2.45) is 0 Å². The Morgan fingerprint density at radius 2 is 1.70 bits per heavy atom. The van der Waals surface area contributed by atoms with E-state index in [0.29, 0.717) is 23.4 Å². The zero-order valence-corrected chi connectivity index (χ0v) is 13.2. The van der Waals surface area contributed by atoms with Crippen LogP contribution in [0.5, 0.6) is 0 Å². The van der Waals surface area contributed by atoms with Gasteiger partial charge < -0.3 is 10.1 Å². The van der Waals surface area contributed by atoms with E-state index in [1.165, 1.54) is 0 Å². The van der Waals surface area contributed by atoms with Gasteiger partial charge in [0.25, 0.3) is 5.91 Å². The van der Waals surface area contributed by atoms with E-state index in [9.17, 15) is 9.59 Å². The second-order valence-corrected chi connectivity index (χ2v) is 4.99. The first kappa shape index (κ1) is 16.5. The Kier molecular flexibility index (Phi) is 5.69. The number of nitrogens with one attached hydrogen (secondary N) is 1. The molecule has 0 saturated carbocycles. The van der Waals surface area contributed by atoms with E-state index in [1.807, 2.05) is 36.4 Å². The van der Waals surface area contributed by atoms with Crippen LogP contribution in [0, 0.1) is 0 Å². The lowest BCUT2D eigenvalue weighted by Crippen LogP contribution is -2.12. The van der Waals surface area contributed by atoms with Crippen LogP contribution in [0.15, 0.2) is 60.2 Å². The molecule has 0 heterocycles. The van der Waals surface area contributed by atoms with Crippen LogP contribution in [0.1, 0.15) is 29.8 Å². The molecule has 118 valence electrons. The monoisotopic (exact) mass is 309 g/mol. The van der Waals surface area contributed by atoms with Gasteiger partial charge in [-0.3, -0.25) is 4.79 Å². The molecule has 0 saturated heterocycles. The van der Waals surface area contributed by atoms with E-state index >= 15 is 0 Å². The number of hydrogen-bond donors (Lipinski definition) is 1. The highest BCUT2D eigenvalue weighted by Gasteiger charge is 2.08. The SMILES string of the molecule is CCOC(=O)c1ccc(NC(=O)/C(C)=C/c2ccccc2)cc1. The van der Waals surface area contributed by atoms with Gasteiger partial charge in [-0.2, -0.15) is 0 Å². The number of esters is 1. The van der Waals surface area contributed by atoms with Gasteiger partial charge in [0.15, 0.2) is 0 Å². The molecule has 0 fully saturated rings. The van der Waals surface area contributed by atoms with Crippen LogP contribution in [0.2, 0.25) is 0 Å². The van der Waals surface area contributed by atoms with Crippen LogP contribution in [0.3, 0.4) is 0 Å². The predicted molar refractivity (Wildman–Crippen MR) is 91.1 cm³/mol. The molecule has 0 aromatic heterocycles. The molecule has 1 amide bonds. The molecular weight excluding hydrogens is 290 g/mol. The quantitative estimate of drug-likeness (QED) is 0.673. The highest BCUT2D eigenvalue weighted by molar-refractivity contribution is 6.06. The fourth-order valence-electron chi connectivity index (χ4n) is 2.00. The van der Waals surface area contributed by atoms with Gasteiger partial charge in [0.1, 0.15) is 0 Å². The first-order valence-corrected chi connectivity index (χ1v) is 7.42. The third-order valence-electron chi connectivity index (χ3n) is 3.19. The van der Waals surface area contributed by atoms with Crippen molar-refractivity contribution < 1.29 is 14.3 Å². The minimum atomic E-state index is -0.370. The normalized spacial score (nSPS) is 11.0. The third-order valence-corrected chi connectivity index (χ3v) is 3.19. The number of ether oxygens (including phenoxy) is 1. The maximum atomic E-state index is 12.2. The second kappa shape index (κ2) is 7.94. The molecule has 0 aliphatic rings. The zero-order valence-electron chi connectivity index (χ0n) is 13.2. The molecule has 0 aliphatic carbocycles. The first-order valence-electron chi connectivity index (χ1n) is 7.42. The standard InChI is InChI=1S/C19H19NO3/c1-3-23-19(22)16-9-11-17(12-10-16)20-18(21)14(2)13-15-7-5-4-6-8-15/h4-13H,3H2,1-2H3,(H,20,21)/b14-13+. The van der Waals surface area contributed by atoms with Crippen molar-refractivity contribution in [2.75, 3.05) is 11.9 Å². The molecule has 0 bridgehead atoms. The lowest BCUT2D eigenvalue weighted by molar-refractivity contribution is -0.112. The van der Waals surface area contributed by atoms with Crippen molar-refractivity contribution in [1.82, 2.24) is 0 Å². The molecule has 4 nitrogen and oxygen atoms in total. The molecule has 2 aromatic carbocycles. The Bertz CT molecular complexity index is 703. The van der Waals surface area contributed by atoms with Crippen molar-refractivity contribution in [1.29, 1.82) is 0 Å². The molecule has 2 aromatic rings. The van der Waals surface area contributed by atoms with E-state index in [-0.39, 0.29) is 11.9 Å². The minimum absolute atomic E-state index is 0.183. The van der Waals surface area contributed by atoms with Crippen LogP contribution in [0.4, 0.5) is 5.69 Å². The van der Waals surface area contributed by atoms with Crippen LogP contribution in [-0.2, 0) is 9.53 Å². The first-order chi connectivity index (χ1) is 11.1. The summed E-state index contributed by atoms with van der Waals surface area (Å²) < 4.78 is 4.92. The van der Waals surface area contributed by atoms with Gasteiger partial charge in [-0.25, -0.2) is 4.79 Å². The van der Waals surface area contributed by atoms with Crippen LogP contribution >= 0.6 is 0 Å². The van der Waals surface area contributed by atoms with E-state index in [0.717, 1.165) is 5.56 Å². The van der Waals surface area contributed by atoms with Crippen LogP contribution in [-0.4, -0.2) is 18.5 Å². The number of carbonyl (C=O) groups excluding carboxylic acids is 2. The van der Waals surface area contributed by atoms with E-state index in [4.69, 9.17) is 4.74 Å². The lowest BCUT2D eigenvalue weighted by Gasteiger charge is -2.07. The number of hydrogen-bond acceptors (Lipinski definition) is 3. The summed E-state index contributed by atoms with van der Waals surface area (Å²) >= 11 is 0. The molecular formula is C19H19NO3. The van der Waals surface area contributed by atoms with Gasteiger partial charge in [-0.1, -0.05) is 30.3 Å². The highest BCUT2D eigenvalue weighted by atomic mass is 16.5. The number of amides is 1.